The van der Waals surface area contributed by atoms with Crippen molar-refractivity contribution in [3.05, 3.63) is 146 Å². The Morgan fingerprint density at radius 2 is 0.677 bits per heavy atom. The van der Waals surface area contributed by atoms with Gasteiger partial charge in [0.2, 0.25) is 0 Å². The fourth-order valence-corrected chi connectivity index (χ4v) is 4.45. The SMILES string of the molecule is c1ccc(-c2ccccc2[N+](c2ccccc2)(c2ccccc2)c2ccccc2)cc1. The molecule has 0 aliphatic carbocycles. The number of benzene rings is 5. The summed E-state index contributed by atoms with van der Waals surface area (Å²) < 4.78 is 0.508. The molecule has 148 valence electrons. The van der Waals surface area contributed by atoms with Crippen LogP contribution in [0.3, 0.4) is 0 Å². The zero-order chi connectivity index (χ0) is 20.9. The quantitative estimate of drug-likeness (QED) is 0.260. The molecule has 0 fully saturated rings. The van der Waals surface area contributed by atoms with Crippen LogP contribution in [-0.2, 0) is 0 Å². The fraction of sp³-hybridized carbons (Fsp3) is 0. The van der Waals surface area contributed by atoms with E-state index in [1.54, 1.807) is 0 Å². The third-order valence-corrected chi connectivity index (χ3v) is 5.78. The van der Waals surface area contributed by atoms with Crippen molar-refractivity contribution < 1.29 is 0 Å². The highest BCUT2D eigenvalue weighted by Crippen LogP contribution is 2.53. The predicted molar refractivity (Wildman–Crippen MR) is 132 cm³/mol. The van der Waals surface area contributed by atoms with Gasteiger partial charge < -0.3 is 0 Å². The Hall–Kier alpha value is -3.94. The van der Waals surface area contributed by atoms with Crippen molar-refractivity contribution in [3.8, 4) is 11.1 Å². The third kappa shape index (κ3) is 3.35. The first-order valence-electron chi connectivity index (χ1n) is 10.6. The van der Waals surface area contributed by atoms with E-state index in [1.807, 2.05) is 0 Å². The number of hydrogen-bond donors (Lipinski definition) is 0. The van der Waals surface area contributed by atoms with E-state index in [9.17, 15) is 0 Å². The van der Waals surface area contributed by atoms with Gasteiger partial charge in [-0.25, -0.2) is 0 Å². The van der Waals surface area contributed by atoms with Crippen LogP contribution < -0.4 is 4.48 Å². The number of para-hydroxylation sites is 4. The standard InChI is InChI=1S/C30H24N/c1-5-15-25(16-6-1)29-23-13-14-24-30(29)31(26-17-7-2-8-18-26,27-19-9-3-10-20-27)28-21-11-4-12-22-28/h1-24H/q+1. The minimum Gasteiger partial charge on any atom is -0.194 e. The Morgan fingerprint density at radius 3 is 1.13 bits per heavy atom. The molecule has 0 aliphatic heterocycles. The molecule has 1 heteroatoms. The Balaban J connectivity index is 1.94. The lowest BCUT2D eigenvalue weighted by atomic mass is 9.98. The molecule has 0 aliphatic rings. The van der Waals surface area contributed by atoms with Crippen molar-refractivity contribution in [1.29, 1.82) is 0 Å². The third-order valence-electron chi connectivity index (χ3n) is 5.78. The summed E-state index contributed by atoms with van der Waals surface area (Å²) in [5.74, 6) is 0. The zero-order valence-electron chi connectivity index (χ0n) is 17.3. The van der Waals surface area contributed by atoms with E-state index in [-0.39, 0.29) is 0 Å². The lowest BCUT2D eigenvalue weighted by molar-refractivity contribution is 0.705. The molecule has 0 radical (unpaired) electrons. The second kappa shape index (κ2) is 8.43. The first kappa shape index (κ1) is 19.0. The number of quaternary nitrogens is 1. The van der Waals surface area contributed by atoms with Crippen LogP contribution in [0, 0.1) is 0 Å². The zero-order valence-corrected chi connectivity index (χ0v) is 17.3. The maximum absolute atomic E-state index is 2.26. The molecular weight excluding hydrogens is 374 g/mol. The lowest BCUT2D eigenvalue weighted by Crippen LogP contribution is -2.33. The molecule has 0 spiro atoms. The van der Waals surface area contributed by atoms with E-state index < -0.39 is 0 Å². The van der Waals surface area contributed by atoms with Crippen LogP contribution in [0.4, 0.5) is 22.7 Å². The second-order valence-corrected chi connectivity index (χ2v) is 7.56. The first-order chi connectivity index (χ1) is 15.4. The van der Waals surface area contributed by atoms with Crippen LogP contribution in [0.2, 0.25) is 0 Å². The molecule has 5 rings (SSSR count). The number of hydrogen-bond acceptors (Lipinski definition) is 0. The normalized spacial score (nSPS) is 11.2. The average Bonchev–Trinajstić information content (AvgIpc) is 2.87. The van der Waals surface area contributed by atoms with Crippen molar-refractivity contribution in [1.82, 2.24) is 4.48 Å². The summed E-state index contributed by atoms with van der Waals surface area (Å²) in [6, 6.07) is 51.7. The van der Waals surface area contributed by atoms with Gasteiger partial charge in [0.1, 0.15) is 17.1 Å². The summed E-state index contributed by atoms with van der Waals surface area (Å²) in [5, 5.41) is 0. The van der Waals surface area contributed by atoms with Gasteiger partial charge in [0, 0.05) is 48.0 Å². The molecule has 31 heavy (non-hydrogen) atoms. The van der Waals surface area contributed by atoms with Gasteiger partial charge in [-0.3, -0.25) is 0 Å². The van der Waals surface area contributed by atoms with Crippen LogP contribution in [0.15, 0.2) is 146 Å². The van der Waals surface area contributed by atoms with E-state index in [4.69, 9.17) is 0 Å². The van der Waals surface area contributed by atoms with Gasteiger partial charge in [0.05, 0.1) is 0 Å². The molecule has 0 unspecified atom stereocenters. The molecule has 0 heterocycles. The predicted octanol–water partition coefficient (Wildman–Crippen LogP) is 8.66. The topological polar surface area (TPSA) is 0 Å². The highest BCUT2D eigenvalue weighted by Gasteiger charge is 2.40. The highest BCUT2D eigenvalue weighted by molar-refractivity contribution is 5.90. The summed E-state index contributed by atoms with van der Waals surface area (Å²) in [7, 11) is 0. The van der Waals surface area contributed by atoms with Gasteiger partial charge in [-0.2, -0.15) is 4.48 Å². The molecule has 0 saturated heterocycles. The minimum atomic E-state index is 0.508. The Labute approximate surface area is 184 Å². The van der Waals surface area contributed by atoms with Gasteiger partial charge in [-0.15, -0.1) is 0 Å². The Morgan fingerprint density at radius 1 is 0.323 bits per heavy atom. The van der Waals surface area contributed by atoms with Crippen molar-refractivity contribution in [2.24, 2.45) is 0 Å². The van der Waals surface area contributed by atoms with Crippen LogP contribution >= 0.6 is 0 Å². The molecule has 5 aromatic rings. The van der Waals surface area contributed by atoms with E-state index >= 15 is 0 Å². The van der Waals surface area contributed by atoms with Crippen molar-refractivity contribution in [2.45, 2.75) is 0 Å². The van der Waals surface area contributed by atoms with Crippen LogP contribution in [0.25, 0.3) is 11.1 Å². The molecule has 0 atom stereocenters. The molecule has 0 aromatic heterocycles. The largest absolute Gasteiger partial charge is 0.194 e. The first-order valence-corrected chi connectivity index (χ1v) is 10.6. The fourth-order valence-electron chi connectivity index (χ4n) is 4.45. The van der Waals surface area contributed by atoms with Gasteiger partial charge in [-0.1, -0.05) is 97.1 Å². The maximum atomic E-state index is 2.26. The molecule has 0 amide bonds. The second-order valence-electron chi connectivity index (χ2n) is 7.56. The van der Waals surface area contributed by atoms with E-state index in [2.05, 4.69) is 146 Å². The van der Waals surface area contributed by atoms with E-state index in [0.717, 1.165) is 0 Å². The maximum Gasteiger partial charge on any atom is 0.156 e. The molecular formula is C30H24N+. The van der Waals surface area contributed by atoms with Crippen LogP contribution in [0.1, 0.15) is 0 Å². The summed E-state index contributed by atoms with van der Waals surface area (Å²) >= 11 is 0. The molecule has 5 aromatic carbocycles. The lowest BCUT2D eigenvalue weighted by Gasteiger charge is -2.38. The Bertz CT molecular complexity index is 1150. The van der Waals surface area contributed by atoms with Gasteiger partial charge in [0.25, 0.3) is 0 Å². The summed E-state index contributed by atoms with van der Waals surface area (Å²) in [6.45, 7) is 0. The van der Waals surface area contributed by atoms with Gasteiger partial charge >= 0.3 is 0 Å². The molecule has 0 bridgehead atoms. The summed E-state index contributed by atoms with van der Waals surface area (Å²) in [6.07, 6.45) is 0. The minimum absolute atomic E-state index is 0.508. The van der Waals surface area contributed by atoms with E-state index in [0.29, 0.717) is 4.48 Å². The molecule has 0 N–H and O–H groups in total. The monoisotopic (exact) mass is 398 g/mol. The number of nitrogens with zero attached hydrogens (tertiary/aromatic N) is 1. The van der Waals surface area contributed by atoms with Crippen molar-refractivity contribution in [2.75, 3.05) is 0 Å². The molecule has 1 nitrogen and oxygen atoms in total. The smallest absolute Gasteiger partial charge is 0.156 e. The van der Waals surface area contributed by atoms with Crippen molar-refractivity contribution >= 4 is 22.7 Å². The van der Waals surface area contributed by atoms with Crippen LogP contribution in [-0.4, -0.2) is 0 Å². The van der Waals surface area contributed by atoms with Gasteiger partial charge in [-0.05, 0) is 11.6 Å². The van der Waals surface area contributed by atoms with E-state index in [1.165, 1.54) is 33.9 Å². The van der Waals surface area contributed by atoms with Gasteiger partial charge in [0.15, 0.2) is 5.69 Å². The van der Waals surface area contributed by atoms with Crippen molar-refractivity contribution in [3.63, 3.8) is 0 Å². The highest BCUT2D eigenvalue weighted by atomic mass is 15.4. The summed E-state index contributed by atoms with van der Waals surface area (Å²) in [4.78, 5) is 0. The average molecular weight is 399 g/mol. The Kier molecular flexibility index (Phi) is 5.18. The summed E-state index contributed by atoms with van der Waals surface area (Å²) in [5.41, 5.74) is 7.25. The van der Waals surface area contributed by atoms with Crippen LogP contribution in [0.5, 0.6) is 0 Å². The molecule has 0 saturated carbocycles. The number of rotatable bonds is 5.